The Kier molecular flexibility index (Phi) is 11.0. The van der Waals surface area contributed by atoms with Crippen molar-refractivity contribution in [1.82, 2.24) is 19.2 Å². The first-order valence-corrected chi connectivity index (χ1v) is 19.9. The highest BCUT2D eigenvalue weighted by Gasteiger charge is 2.41. The molecule has 2 aromatic heterocycles. The van der Waals surface area contributed by atoms with Gasteiger partial charge in [-0.25, -0.2) is 13.3 Å². The molecule has 2 heterocycles. The minimum absolute atomic E-state index is 0.0669. The van der Waals surface area contributed by atoms with Crippen LogP contribution in [0.5, 0.6) is 0 Å². The average Bonchev–Trinajstić information content (AvgIpc) is 3.54. The molecule has 0 spiro atoms. The molecule has 48 heavy (non-hydrogen) atoms. The van der Waals surface area contributed by atoms with Gasteiger partial charge >= 0.3 is 0 Å². The zero-order valence-corrected chi connectivity index (χ0v) is 29.9. The number of hydrogen-bond donors (Lipinski definition) is 0. The van der Waals surface area contributed by atoms with Crippen LogP contribution in [0, 0.1) is 11.3 Å². The van der Waals surface area contributed by atoms with Crippen LogP contribution in [0.3, 0.4) is 0 Å². The summed E-state index contributed by atoms with van der Waals surface area (Å²) < 4.78 is 43.6. The molecule has 0 amide bonds. The normalized spacial score (nSPS) is 17.9. The third kappa shape index (κ3) is 7.61. The summed E-state index contributed by atoms with van der Waals surface area (Å²) in [7, 11) is -2.39. The van der Waals surface area contributed by atoms with Crippen molar-refractivity contribution in [3.63, 3.8) is 0 Å². The summed E-state index contributed by atoms with van der Waals surface area (Å²) in [6.07, 6.45) is 2.01. The lowest BCUT2D eigenvalue weighted by molar-refractivity contribution is -0.0761. The number of rotatable bonds is 12. The SMILES string of the molecule is CCCc1c(Cc2ccc(-c3ccccc3C#N)cc2)c(=O)n(C2CCC(OCC(O[Si](C)(C)C(C)(C)C)C(F)F)CC2)c2ncnn12. The van der Waals surface area contributed by atoms with Crippen LogP contribution < -0.4 is 5.56 Å². The summed E-state index contributed by atoms with van der Waals surface area (Å²) in [6, 6.07) is 17.7. The Bertz CT molecular complexity index is 1800. The van der Waals surface area contributed by atoms with Gasteiger partial charge in [-0.2, -0.15) is 15.3 Å². The number of aromatic nitrogens is 4. The summed E-state index contributed by atoms with van der Waals surface area (Å²) in [5.74, 6) is 0.528. The smallest absolute Gasteiger partial charge is 0.265 e. The molecule has 0 N–H and O–H groups in total. The van der Waals surface area contributed by atoms with Crippen molar-refractivity contribution in [3.8, 4) is 17.2 Å². The number of alkyl halides is 2. The molecule has 1 unspecified atom stereocenters. The molecule has 4 aromatic rings. The third-order valence-electron chi connectivity index (χ3n) is 10.0. The van der Waals surface area contributed by atoms with Crippen LogP contribution in [0.15, 0.2) is 59.7 Å². The van der Waals surface area contributed by atoms with Crippen molar-refractivity contribution >= 4 is 14.1 Å². The van der Waals surface area contributed by atoms with Gasteiger partial charge in [0.1, 0.15) is 12.4 Å². The van der Waals surface area contributed by atoms with Crippen LogP contribution in [0.25, 0.3) is 16.9 Å². The lowest BCUT2D eigenvalue weighted by Crippen LogP contribution is -2.47. The molecular weight excluding hydrogens is 629 g/mol. The quantitative estimate of drug-likeness (QED) is 0.141. The van der Waals surface area contributed by atoms with Crippen LogP contribution in [0.1, 0.15) is 88.2 Å². The van der Waals surface area contributed by atoms with Gasteiger partial charge in [-0.15, -0.1) is 0 Å². The van der Waals surface area contributed by atoms with E-state index in [1.165, 1.54) is 6.33 Å². The number of aryl methyl sites for hydroxylation is 1. The molecule has 11 heteroatoms. The van der Waals surface area contributed by atoms with Gasteiger partial charge in [0.2, 0.25) is 5.78 Å². The van der Waals surface area contributed by atoms with Crippen LogP contribution >= 0.6 is 0 Å². The van der Waals surface area contributed by atoms with Crippen LogP contribution in [0.2, 0.25) is 18.1 Å². The van der Waals surface area contributed by atoms with E-state index in [4.69, 9.17) is 9.16 Å². The van der Waals surface area contributed by atoms with E-state index < -0.39 is 20.8 Å². The number of fused-ring (bicyclic) bond motifs is 1. The summed E-state index contributed by atoms with van der Waals surface area (Å²) in [6.45, 7) is 12.0. The van der Waals surface area contributed by atoms with E-state index in [1.54, 1.807) is 10.6 Å². The minimum atomic E-state index is -2.63. The number of benzene rings is 2. The van der Waals surface area contributed by atoms with E-state index in [2.05, 4.69) is 23.1 Å². The van der Waals surface area contributed by atoms with E-state index in [9.17, 15) is 18.8 Å². The number of halogens is 2. The fraction of sp³-hybridized carbons (Fsp3) is 0.514. The van der Waals surface area contributed by atoms with Crippen molar-refractivity contribution in [2.75, 3.05) is 6.61 Å². The highest BCUT2D eigenvalue weighted by molar-refractivity contribution is 6.74. The maximum Gasteiger partial charge on any atom is 0.265 e. The standard InChI is InChI=1S/C37H47F2N5O3Si/c1-7-10-32-31(21-25-13-15-26(16-14-25)30-12-9-8-11-27(30)22-40)35(45)43(36-41-24-42-44(32)36)28-17-19-29(20-18-28)46-23-33(34(38)39)47-48(5,6)37(2,3)4/h8-9,11-16,24,28-29,33-34H,7,10,17-21,23H2,1-6H3. The van der Waals surface area contributed by atoms with Crippen molar-refractivity contribution in [3.05, 3.63) is 87.6 Å². The molecule has 1 aliphatic rings. The van der Waals surface area contributed by atoms with Gasteiger partial charge in [-0.3, -0.25) is 9.36 Å². The highest BCUT2D eigenvalue weighted by atomic mass is 28.4. The zero-order chi connectivity index (χ0) is 34.6. The number of hydrogen-bond acceptors (Lipinski definition) is 6. The van der Waals surface area contributed by atoms with Crippen LogP contribution in [-0.4, -0.2) is 52.7 Å². The molecule has 1 fully saturated rings. The molecule has 1 aliphatic carbocycles. The highest BCUT2D eigenvalue weighted by Crippen LogP contribution is 2.38. The molecule has 256 valence electrons. The largest absolute Gasteiger partial charge is 0.406 e. The lowest BCUT2D eigenvalue weighted by Gasteiger charge is -2.39. The first-order valence-electron chi connectivity index (χ1n) is 17.0. The summed E-state index contributed by atoms with van der Waals surface area (Å²) in [4.78, 5) is 18.9. The zero-order valence-electron chi connectivity index (χ0n) is 28.9. The van der Waals surface area contributed by atoms with Gasteiger partial charge < -0.3 is 9.16 Å². The molecule has 0 aliphatic heterocycles. The first kappa shape index (κ1) is 35.6. The van der Waals surface area contributed by atoms with Gasteiger partial charge in [0.15, 0.2) is 8.32 Å². The van der Waals surface area contributed by atoms with Crippen molar-refractivity contribution in [2.24, 2.45) is 0 Å². The fourth-order valence-corrected chi connectivity index (χ4v) is 7.61. The second kappa shape index (κ2) is 14.8. The van der Waals surface area contributed by atoms with E-state index in [1.807, 2.05) is 80.8 Å². The molecule has 2 aromatic carbocycles. The van der Waals surface area contributed by atoms with Gasteiger partial charge in [0.05, 0.1) is 30.0 Å². The second-order valence-electron chi connectivity index (χ2n) is 14.4. The van der Waals surface area contributed by atoms with Gasteiger partial charge in [-0.1, -0.05) is 76.6 Å². The molecule has 1 atom stereocenters. The van der Waals surface area contributed by atoms with Gasteiger partial charge in [0.25, 0.3) is 12.0 Å². The van der Waals surface area contributed by atoms with Crippen molar-refractivity contribution in [1.29, 1.82) is 5.26 Å². The Hall–Kier alpha value is -3.72. The predicted octanol–water partition coefficient (Wildman–Crippen LogP) is 8.13. The van der Waals surface area contributed by atoms with E-state index >= 15 is 0 Å². The maximum atomic E-state index is 14.4. The third-order valence-corrected chi connectivity index (χ3v) is 14.5. The molecule has 0 saturated heterocycles. The van der Waals surface area contributed by atoms with E-state index in [0.29, 0.717) is 55.4 Å². The molecule has 8 nitrogen and oxygen atoms in total. The summed E-state index contributed by atoms with van der Waals surface area (Å²) >= 11 is 0. The number of nitriles is 1. The Morgan fingerprint density at radius 2 is 1.75 bits per heavy atom. The average molecular weight is 676 g/mol. The summed E-state index contributed by atoms with van der Waals surface area (Å²) in [5, 5.41) is 13.9. The Morgan fingerprint density at radius 3 is 2.38 bits per heavy atom. The van der Waals surface area contributed by atoms with E-state index in [-0.39, 0.29) is 29.4 Å². The monoisotopic (exact) mass is 675 g/mol. The maximum absolute atomic E-state index is 14.4. The molecule has 5 rings (SSSR count). The summed E-state index contributed by atoms with van der Waals surface area (Å²) in [5.41, 5.74) is 4.91. The van der Waals surface area contributed by atoms with Crippen molar-refractivity contribution in [2.45, 2.75) is 115 Å². The van der Waals surface area contributed by atoms with Crippen LogP contribution in [0.4, 0.5) is 8.78 Å². The number of ether oxygens (including phenoxy) is 1. The molecular formula is C37H47F2N5O3Si. The Labute approximate surface area is 282 Å². The molecule has 0 radical (unpaired) electrons. The van der Waals surface area contributed by atoms with Gasteiger partial charge in [0, 0.05) is 18.0 Å². The van der Waals surface area contributed by atoms with Crippen LogP contribution in [-0.2, 0) is 22.0 Å². The predicted molar refractivity (Wildman–Crippen MR) is 186 cm³/mol. The van der Waals surface area contributed by atoms with E-state index in [0.717, 1.165) is 28.8 Å². The van der Waals surface area contributed by atoms with Crippen molar-refractivity contribution < 1.29 is 17.9 Å². The fourth-order valence-electron chi connectivity index (χ4n) is 6.33. The Morgan fingerprint density at radius 1 is 1.06 bits per heavy atom. The lowest BCUT2D eigenvalue weighted by atomic mass is 9.92. The Balaban J connectivity index is 1.35. The minimum Gasteiger partial charge on any atom is -0.406 e. The van der Waals surface area contributed by atoms with Gasteiger partial charge in [-0.05, 0) is 73.0 Å². The first-order chi connectivity index (χ1) is 22.8. The topological polar surface area (TPSA) is 94.4 Å². The number of nitrogens with zero attached hydrogens (tertiary/aromatic N) is 5. The molecule has 1 saturated carbocycles. The second-order valence-corrected chi connectivity index (χ2v) is 19.1. The molecule has 0 bridgehead atoms.